The molecule has 25 heavy (non-hydrogen) atoms. The summed E-state index contributed by atoms with van der Waals surface area (Å²) in [5.41, 5.74) is 2.43. The molecule has 4 heterocycles. The van der Waals surface area contributed by atoms with Gasteiger partial charge in [0.1, 0.15) is 5.69 Å². The molecule has 0 aliphatic carbocycles. The van der Waals surface area contributed by atoms with Crippen molar-refractivity contribution < 1.29 is 4.63 Å². The van der Waals surface area contributed by atoms with Crippen molar-refractivity contribution in [3.05, 3.63) is 58.9 Å². The normalized spacial score (nSPS) is 17.8. The van der Waals surface area contributed by atoms with E-state index in [1.807, 2.05) is 12.1 Å². The van der Waals surface area contributed by atoms with E-state index in [0.717, 1.165) is 36.3 Å². The fraction of sp³-hybridized carbons (Fsp3) is 0.353. The topological polar surface area (TPSA) is 89.9 Å². The lowest BCUT2D eigenvalue weighted by atomic mass is 10.2. The van der Waals surface area contributed by atoms with Gasteiger partial charge in [-0.15, -0.1) is 0 Å². The van der Waals surface area contributed by atoms with Crippen LogP contribution in [0.15, 0.2) is 52.3 Å². The largest absolute Gasteiger partial charge is 0.293 e. The number of hydrogen-bond acceptors (Lipinski definition) is 7. The summed E-state index contributed by atoms with van der Waals surface area (Å²) in [5.74, 6) is 0. The van der Waals surface area contributed by atoms with E-state index in [1.54, 1.807) is 35.4 Å². The van der Waals surface area contributed by atoms with Crippen molar-refractivity contribution in [2.75, 3.05) is 6.54 Å². The highest BCUT2D eigenvalue weighted by molar-refractivity contribution is 5.56. The van der Waals surface area contributed by atoms with E-state index >= 15 is 0 Å². The van der Waals surface area contributed by atoms with Crippen molar-refractivity contribution in [3.63, 3.8) is 0 Å². The van der Waals surface area contributed by atoms with Gasteiger partial charge in [0.15, 0.2) is 0 Å². The molecule has 0 aromatic carbocycles. The van der Waals surface area contributed by atoms with E-state index in [0.29, 0.717) is 13.1 Å². The first-order valence-corrected chi connectivity index (χ1v) is 8.28. The summed E-state index contributed by atoms with van der Waals surface area (Å²) in [5, 5.41) is 12.1. The van der Waals surface area contributed by atoms with E-state index in [1.165, 1.54) is 0 Å². The van der Waals surface area contributed by atoms with Gasteiger partial charge in [0, 0.05) is 36.6 Å². The molecule has 1 aliphatic rings. The summed E-state index contributed by atoms with van der Waals surface area (Å²) in [6, 6.07) is 7.34. The highest BCUT2D eigenvalue weighted by Crippen LogP contribution is 2.21. The molecule has 128 valence electrons. The van der Waals surface area contributed by atoms with Gasteiger partial charge in [-0.05, 0) is 37.6 Å². The number of aromatic nitrogens is 5. The minimum Gasteiger partial charge on any atom is -0.293 e. The Bertz CT molecular complexity index is 878. The van der Waals surface area contributed by atoms with Gasteiger partial charge < -0.3 is 0 Å². The number of rotatable bonds is 5. The van der Waals surface area contributed by atoms with Crippen molar-refractivity contribution in [3.8, 4) is 11.3 Å². The Labute approximate surface area is 144 Å². The van der Waals surface area contributed by atoms with Crippen molar-refractivity contribution >= 4 is 0 Å². The first kappa shape index (κ1) is 15.6. The summed E-state index contributed by atoms with van der Waals surface area (Å²) < 4.78 is 6.22. The Kier molecular flexibility index (Phi) is 4.34. The lowest BCUT2D eigenvalue weighted by molar-refractivity contribution is 0.209. The van der Waals surface area contributed by atoms with Crippen LogP contribution in [0.3, 0.4) is 0 Å². The van der Waals surface area contributed by atoms with Crippen LogP contribution in [0.2, 0.25) is 0 Å². The smallest absolute Gasteiger partial charge is 0.266 e. The first-order chi connectivity index (χ1) is 12.3. The molecular weight excluding hydrogens is 320 g/mol. The molecule has 1 atom stereocenters. The van der Waals surface area contributed by atoms with Crippen LogP contribution in [0.1, 0.15) is 18.5 Å². The maximum Gasteiger partial charge on any atom is 0.266 e. The van der Waals surface area contributed by atoms with Crippen LogP contribution >= 0.6 is 0 Å². The number of pyridine rings is 1. The second-order valence-electron chi connectivity index (χ2n) is 6.14. The predicted molar refractivity (Wildman–Crippen MR) is 89.5 cm³/mol. The molecule has 3 aromatic rings. The Hall–Kier alpha value is -2.87. The first-order valence-electron chi connectivity index (χ1n) is 8.28. The van der Waals surface area contributed by atoms with E-state index in [2.05, 4.69) is 29.9 Å². The second-order valence-corrected chi connectivity index (χ2v) is 6.14. The lowest BCUT2D eigenvalue weighted by Crippen LogP contribution is -2.36. The SMILES string of the molecule is O=c1ccc(-c2ccncc2)nn1CC1CCCN1Cc1cnon1. The Morgan fingerprint density at radius 3 is 2.88 bits per heavy atom. The van der Waals surface area contributed by atoms with Gasteiger partial charge in [-0.3, -0.25) is 14.7 Å². The molecule has 0 bridgehead atoms. The van der Waals surface area contributed by atoms with Crippen molar-refractivity contribution in [1.29, 1.82) is 0 Å². The minimum absolute atomic E-state index is 0.0900. The Morgan fingerprint density at radius 1 is 1.20 bits per heavy atom. The zero-order valence-electron chi connectivity index (χ0n) is 13.7. The molecule has 0 amide bonds. The maximum absolute atomic E-state index is 12.2. The van der Waals surface area contributed by atoms with Gasteiger partial charge in [-0.25, -0.2) is 9.31 Å². The summed E-state index contributed by atoms with van der Waals surface area (Å²) in [6.45, 7) is 2.20. The van der Waals surface area contributed by atoms with Crippen LogP contribution in [-0.2, 0) is 13.1 Å². The predicted octanol–water partition coefficient (Wildman–Crippen LogP) is 1.35. The van der Waals surface area contributed by atoms with Gasteiger partial charge >= 0.3 is 0 Å². The molecule has 0 radical (unpaired) electrons. The number of nitrogens with zero attached hydrogens (tertiary/aromatic N) is 6. The summed E-state index contributed by atoms with van der Waals surface area (Å²) in [4.78, 5) is 18.6. The molecule has 1 unspecified atom stereocenters. The fourth-order valence-corrected chi connectivity index (χ4v) is 3.23. The molecule has 8 heteroatoms. The Morgan fingerprint density at radius 2 is 2.08 bits per heavy atom. The van der Waals surface area contributed by atoms with Gasteiger partial charge in [0.25, 0.3) is 5.56 Å². The lowest BCUT2D eigenvalue weighted by Gasteiger charge is -2.23. The van der Waals surface area contributed by atoms with Crippen LogP contribution in [0.4, 0.5) is 0 Å². The monoisotopic (exact) mass is 338 g/mol. The zero-order chi connectivity index (χ0) is 17.1. The third kappa shape index (κ3) is 3.48. The van der Waals surface area contributed by atoms with Crippen LogP contribution in [0.5, 0.6) is 0 Å². The van der Waals surface area contributed by atoms with Gasteiger partial charge in [0.2, 0.25) is 0 Å². The number of likely N-dealkylation sites (tertiary alicyclic amines) is 1. The quantitative estimate of drug-likeness (QED) is 0.693. The van der Waals surface area contributed by atoms with Crippen LogP contribution < -0.4 is 5.56 Å². The Balaban J connectivity index is 1.54. The van der Waals surface area contributed by atoms with Crippen LogP contribution in [0.25, 0.3) is 11.3 Å². The average molecular weight is 338 g/mol. The summed E-state index contributed by atoms with van der Waals surface area (Å²) >= 11 is 0. The van der Waals surface area contributed by atoms with E-state index in [-0.39, 0.29) is 11.6 Å². The van der Waals surface area contributed by atoms with E-state index < -0.39 is 0 Å². The second kappa shape index (κ2) is 6.94. The van der Waals surface area contributed by atoms with Gasteiger partial charge in [-0.2, -0.15) is 5.10 Å². The minimum atomic E-state index is -0.0900. The van der Waals surface area contributed by atoms with Crippen molar-refractivity contribution in [1.82, 2.24) is 30.0 Å². The molecule has 0 saturated carbocycles. The highest BCUT2D eigenvalue weighted by Gasteiger charge is 2.26. The van der Waals surface area contributed by atoms with Crippen molar-refractivity contribution in [2.45, 2.75) is 32.0 Å². The fourth-order valence-electron chi connectivity index (χ4n) is 3.23. The maximum atomic E-state index is 12.2. The zero-order valence-corrected chi connectivity index (χ0v) is 13.7. The van der Waals surface area contributed by atoms with E-state index in [9.17, 15) is 4.79 Å². The molecule has 1 fully saturated rings. The molecular formula is C17H18N6O2. The van der Waals surface area contributed by atoms with Gasteiger partial charge in [-0.1, -0.05) is 10.3 Å². The van der Waals surface area contributed by atoms with E-state index in [4.69, 9.17) is 0 Å². The molecule has 1 saturated heterocycles. The standard InChI is InChI=1S/C17H18N6O2/c24-17-4-3-16(13-5-7-18-8-6-13)20-23(17)12-15-2-1-9-22(15)11-14-10-19-25-21-14/h3-8,10,15H,1-2,9,11-12H2. The molecule has 1 aliphatic heterocycles. The average Bonchev–Trinajstić information content (AvgIpc) is 3.31. The number of hydrogen-bond donors (Lipinski definition) is 0. The third-order valence-electron chi connectivity index (χ3n) is 4.50. The summed E-state index contributed by atoms with van der Waals surface area (Å²) in [7, 11) is 0. The molecule has 4 rings (SSSR count). The molecule has 8 nitrogen and oxygen atoms in total. The van der Waals surface area contributed by atoms with Crippen molar-refractivity contribution in [2.24, 2.45) is 0 Å². The molecule has 0 spiro atoms. The highest BCUT2D eigenvalue weighted by atomic mass is 16.6. The molecule has 3 aromatic heterocycles. The van der Waals surface area contributed by atoms with Crippen LogP contribution in [-0.4, -0.2) is 42.6 Å². The summed E-state index contributed by atoms with van der Waals surface area (Å²) in [6.07, 6.45) is 7.19. The van der Waals surface area contributed by atoms with Gasteiger partial charge in [0.05, 0.1) is 18.4 Å². The molecule has 0 N–H and O–H groups in total. The van der Waals surface area contributed by atoms with Crippen LogP contribution in [0, 0.1) is 0 Å². The third-order valence-corrected chi connectivity index (χ3v) is 4.50.